The summed E-state index contributed by atoms with van der Waals surface area (Å²) in [6.07, 6.45) is -0.521. The predicted octanol–water partition coefficient (Wildman–Crippen LogP) is 1.65. The summed E-state index contributed by atoms with van der Waals surface area (Å²) < 4.78 is 5.57. The molecule has 0 amide bonds. The molecule has 1 atom stereocenters. The number of thiocarbonyl (C=S) groups is 1. The molecular weight excluding hydrogens is 272 g/mol. The average molecular weight is 296 g/mol. The van der Waals surface area contributed by atoms with Gasteiger partial charge in [-0.25, -0.2) is 0 Å². The Morgan fingerprint density at radius 2 is 2.10 bits per heavy atom. The van der Waals surface area contributed by atoms with Crippen molar-refractivity contribution in [3.05, 3.63) is 29.8 Å². The predicted molar refractivity (Wildman–Crippen MR) is 86.2 cm³/mol. The fraction of sp³-hybridized carbons (Fsp3) is 0.533. The van der Waals surface area contributed by atoms with E-state index in [-0.39, 0.29) is 6.61 Å². The van der Waals surface area contributed by atoms with Gasteiger partial charge in [0, 0.05) is 18.7 Å². The molecule has 0 aliphatic rings. The van der Waals surface area contributed by atoms with E-state index in [0.717, 1.165) is 12.1 Å². The van der Waals surface area contributed by atoms with Gasteiger partial charge >= 0.3 is 0 Å². The molecule has 0 saturated carbocycles. The minimum Gasteiger partial charge on any atom is -0.491 e. The highest BCUT2D eigenvalue weighted by Crippen LogP contribution is 2.13. The number of hydrogen-bond donors (Lipinski definition) is 2. The van der Waals surface area contributed by atoms with Crippen LogP contribution in [0.15, 0.2) is 24.3 Å². The summed E-state index contributed by atoms with van der Waals surface area (Å²) in [7, 11) is 2.00. The summed E-state index contributed by atoms with van der Waals surface area (Å²) in [5, 5.41) is 9.96. The van der Waals surface area contributed by atoms with Crippen LogP contribution in [0.25, 0.3) is 0 Å². The summed E-state index contributed by atoms with van der Waals surface area (Å²) >= 11 is 4.92. The van der Waals surface area contributed by atoms with Crippen LogP contribution in [0.5, 0.6) is 5.75 Å². The second kappa shape index (κ2) is 8.19. The summed E-state index contributed by atoms with van der Waals surface area (Å²) in [5.41, 5.74) is 6.34. The van der Waals surface area contributed by atoms with Crippen molar-refractivity contribution < 1.29 is 9.84 Å². The Morgan fingerprint density at radius 3 is 2.70 bits per heavy atom. The van der Waals surface area contributed by atoms with Crippen LogP contribution in [0, 0.1) is 5.92 Å². The molecule has 1 rings (SSSR count). The van der Waals surface area contributed by atoms with Crippen molar-refractivity contribution in [2.24, 2.45) is 11.7 Å². The zero-order chi connectivity index (χ0) is 15.1. The molecule has 0 fully saturated rings. The molecule has 0 aromatic heterocycles. The number of likely N-dealkylation sites (N-methyl/N-ethyl adjacent to an activating group) is 1. The average Bonchev–Trinajstić information content (AvgIpc) is 2.35. The molecule has 0 bridgehead atoms. The summed E-state index contributed by atoms with van der Waals surface area (Å²) in [6.45, 7) is 6.10. The zero-order valence-electron chi connectivity index (χ0n) is 12.4. The van der Waals surface area contributed by atoms with Crippen LogP contribution in [0.3, 0.4) is 0 Å². The zero-order valence-corrected chi connectivity index (χ0v) is 13.2. The highest BCUT2D eigenvalue weighted by Gasteiger charge is 2.10. The van der Waals surface area contributed by atoms with Crippen molar-refractivity contribution in [2.75, 3.05) is 26.7 Å². The summed E-state index contributed by atoms with van der Waals surface area (Å²) in [5.74, 6) is 1.25. The van der Waals surface area contributed by atoms with Gasteiger partial charge < -0.3 is 20.5 Å². The van der Waals surface area contributed by atoms with Crippen LogP contribution in [-0.2, 0) is 0 Å². The van der Waals surface area contributed by atoms with Crippen LogP contribution < -0.4 is 10.5 Å². The highest BCUT2D eigenvalue weighted by molar-refractivity contribution is 7.80. The van der Waals surface area contributed by atoms with E-state index in [1.807, 2.05) is 25.2 Å². The van der Waals surface area contributed by atoms with Gasteiger partial charge in [0.1, 0.15) is 23.4 Å². The SMILES string of the molecule is CC(C)CN(C)CC(O)COc1cccc(C(N)=S)c1. The number of hydrogen-bond acceptors (Lipinski definition) is 4. The second-order valence-electron chi connectivity index (χ2n) is 5.47. The third kappa shape index (κ3) is 6.32. The lowest BCUT2D eigenvalue weighted by molar-refractivity contribution is 0.0732. The Kier molecular flexibility index (Phi) is 6.91. The molecule has 0 radical (unpaired) electrons. The van der Waals surface area contributed by atoms with E-state index >= 15 is 0 Å². The monoisotopic (exact) mass is 296 g/mol. The Morgan fingerprint density at radius 1 is 1.40 bits per heavy atom. The fourth-order valence-electron chi connectivity index (χ4n) is 2.04. The van der Waals surface area contributed by atoms with Crippen molar-refractivity contribution in [1.29, 1.82) is 0 Å². The Bertz CT molecular complexity index is 438. The van der Waals surface area contributed by atoms with Crippen molar-refractivity contribution in [1.82, 2.24) is 4.90 Å². The van der Waals surface area contributed by atoms with E-state index in [1.54, 1.807) is 6.07 Å². The maximum Gasteiger partial charge on any atom is 0.120 e. The van der Waals surface area contributed by atoms with E-state index in [4.69, 9.17) is 22.7 Å². The van der Waals surface area contributed by atoms with Crippen molar-refractivity contribution in [2.45, 2.75) is 20.0 Å². The maximum atomic E-state index is 9.96. The Balaban J connectivity index is 2.42. The lowest BCUT2D eigenvalue weighted by atomic mass is 10.2. The van der Waals surface area contributed by atoms with Crippen LogP contribution >= 0.6 is 12.2 Å². The van der Waals surface area contributed by atoms with Gasteiger partial charge in [0.15, 0.2) is 0 Å². The number of nitrogens with two attached hydrogens (primary N) is 1. The van der Waals surface area contributed by atoms with Gasteiger partial charge in [-0.05, 0) is 25.1 Å². The lowest BCUT2D eigenvalue weighted by Crippen LogP contribution is -2.35. The lowest BCUT2D eigenvalue weighted by Gasteiger charge is -2.22. The largest absolute Gasteiger partial charge is 0.491 e. The first-order valence-electron chi connectivity index (χ1n) is 6.77. The first kappa shape index (κ1) is 16.9. The number of benzene rings is 1. The molecule has 4 nitrogen and oxygen atoms in total. The summed E-state index contributed by atoms with van der Waals surface area (Å²) in [6, 6.07) is 7.28. The third-order valence-corrected chi connectivity index (χ3v) is 3.00. The smallest absolute Gasteiger partial charge is 0.120 e. The number of aliphatic hydroxyl groups excluding tert-OH is 1. The molecule has 0 spiro atoms. The van der Waals surface area contributed by atoms with Gasteiger partial charge in [0.2, 0.25) is 0 Å². The molecule has 1 aromatic carbocycles. The number of aliphatic hydroxyl groups is 1. The summed E-state index contributed by atoms with van der Waals surface area (Å²) in [4.78, 5) is 2.44. The van der Waals surface area contributed by atoms with E-state index in [2.05, 4.69) is 18.7 Å². The van der Waals surface area contributed by atoms with Gasteiger partial charge in [-0.15, -0.1) is 0 Å². The van der Waals surface area contributed by atoms with Gasteiger partial charge in [-0.1, -0.05) is 38.2 Å². The topological polar surface area (TPSA) is 58.7 Å². The highest BCUT2D eigenvalue weighted by atomic mass is 32.1. The van der Waals surface area contributed by atoms with Crippen molar-refractivity contribution >= 4 is 17.2 Å². The van der Waals surface area contributed by atoms with Gasteiger partial charge in [0.25, 0.3) is 0 Å². The molecule has 0 heterocycles. The molecule has 3 N–H and O–H groups in total. The van der Waals surface area contributed by atoms with E-state index < -0.39 is 6.10 Å². The molecule has 112 valence electrons. The van der Waals surface area contributed by atoms with Gasteiger partial charge in [-0.3, -0.25) is 0 Å². The van der Waals surface area contributed by atoms with Gasteiger partial charge in [0.05, 0.1) is 0 Å². The van der Waals surface area contributed by atoms with E-state index in [1.165, 1.54) is 0 Å². The quantitative estimate of drug-likeness (QED) is 0.714. The molecule has 1 unspecified atom stereocenters. The first-order valence-corrected chi connectivity index (χ1v) is 7.18. The molecule has 0 aliphatic carbocycles. The van der Waals surface area contributed by atoms with E-state index in [0.29, 0.717) is 23.2 Å². The number of ether oxygens (including phenoxy) is 1. The molecule has 1 aromatic rings. The Labute approximate surface area is 126 Å². The number of nitrogens with zero attached hydrogens (tertiary/aromatic N) is 1. The van der Waals surface area contributed by atoms with E-state index in [9.17, 15) is 5.11 Å². The van der Waals surface area contributed by atoms with Crippen molar-refractivity contribution in [3.63, 3.8) is 0 Å². The molecule has 0 saturated heterocycles. The van der Waals surface area contributed by atoms with Crippen LogP contribution in [-0.4, -0.2) is 47.8 Å². The number of rotatable bonds is 8. The van der Waals surface area contributed by atoms with Gasteiger partial charge in [-0.2, -0.15) is 0 Å². The fourth-order valence-corrected chi connectivity index (χ4v) is 2.17. The third-order valence-electron chi connectivity index (χ3n) is 2.76. The maximum absolute atomic E-state index is 9.96. The second-order valence-corrected chi connectivity index (χ2v) is 5.91. The van der Waals surface area contributed by atoms with Crippen LogP contribution in [0.2, 0.25) is 0 Å². The minimum absolute atomic E-state index is 0.253. The minimum atomic E-state index is -0.521. The van der Waals surface area contributed by atoms with Crippen molar-refractivity contribution in [3.8, 4) is 5.75 Å². The molecular formula is C15H24N2O2S. The van der Waals surface area contributed by atoms with Crippen LogP contribution in [0.4, 0.5) is 0 Å². The molecule has 5 heteroatoms. The normalized spacial score (nSPS) is 12.7. The molecule has 20 heavy (non-hydrogen) atoms. The first-order chi connectivity index (χ1) is 9.38. The molecule has 0 aliphatic heterocycles. The Hall–Kier alpha value is -1.17. The standard InChI is InChI=1S/C15H24N2O2S/c1-11(2)8-17(3)9-13(18)10-19-14-6-4-5-12(7-14)15(16)20/h4-7,11,13,18H,8-10H2,1-3H3,(H2,16,20). The van der Waals surface area contributed by atoms with Crippen LogP contribution in [0.1, 0.15) is 19.4 Å².